The summed E-state index contributed by atoms with van der Waals surface area (Å²) in [5.41, 5.74) is 4.73. The summed E-state index contributed by atoms with van der Waals surface area (Å²) in [7, 11) is 1.28. The SMILES string of the molecule is COC(=O)C(Cc1cc(CN(Cc2ccccn2)Cc2ccccn2)c(O)c(CN(Cc2ccccn2)Cc2ccccn2)c1)NC(=O)CCCNC(=O)OC(C)(C)C. The number of rotatable bonds is 20. The normalized spacial score (nSPS) is 11.9. The molecule has 0 saturated heterocycles. The predicted octanol–water partition coefficient (Wildman–Crippen LogP) is 5.88. The predicted molar refractivity (Wildman–Crippen MR) is 222 cm³/mol. The Morgan fingerprint density at radius 2 is 1.14 bits per heavy atom. The molecule has 0 fully saturated rings. The summed E-state index contributed by atoms with van der Waals surface area (Å²) in [4.78, 5) is 61.0. The summed E-state index contributed by atoms with van der Waals surface area (Å²) >= 11 is 0. The van der Waals surface area contributed by atoms with Crippen LogP contribution in [0, 0.1) is 0 Å². The van der Waals surface area contributed by atoms with Gasteiger partial charge in [-0.1, -0.05) is 36.4 Å². The number of phenolic OH excluding ortho intramolecular Hbond substituents is 1. The molecule has 4 heterocycles. The van der Waals surface area contributed by atoms with Gasteiger partial charge in [0.1, 0.15) is 17.4 Å². The van der Waals surface area contributed by atoms with E-state index in [-0.39, 0.29) is 31.0 Å². The number of carbonyl (C=O) groups excluding carboxylic acids is 3. The number of methoxy groups -OCH3 is 1. The number of aromatic nitrogens is 4. The van der Waals surface area contributed by atoms with E-state index in [4.69, 9.17) is 9.47 Å². The molecule has 1 unspecified atom stereocenters. The summed E-state index contributed by atoms with van der Waals surface area (Å²) in [6.07, 6.45) is 6.92. The van der Waals surface area contributed by atoms with Crippen LogP contribution in [0.15, 0.2) is 110 Å². The minimum absolute atomic E-state index is 0.0569. The lowest BCUT2D eigenvalue weighted by molar-refractivity contribution is -0.145. The molecule has 5 aromatic rings. The van der Waals surface area contributed by atoms with Crippen molar-refractivity contribution >= 4 is 18.0 Å². The molecule has 1 atom stereocenters. The monoisotopic (exact) mass is 802 g/mol. The molecule has 0 aliphatic rings. The van der Waals surface area contributed by atoms with Gasteiger partial charge in [0, 0.05) is 94.6 Å². The highest BCUT2D eigenvalue weighted by atomic mass is 16.6. The Hall–Kier alpha value is -6.25. The zero-order valence-corrected chi connectivity index (χ0v) is 34.2. The number of nitrogens with zero attached hydrogens (tertiary/aromatic N) is 6. The maximum absolute atomic E-state index is 13.2. The van der Waals surface area contributed by atoms with E-state index in [2.05, 4.69) is 40.4 Å². The summed E-state index contributed by atoms with van der Waals surface area (Å²) < 4.78 is 10.4. The number of benzene rings is 1. The Bertz CT molecular complexity index is 1880. The number of esters is 1. The number of nitrogens with one attached hydrogen (secondary N) is 2. The van der Waals surface area contributed by atoms with E-state index in [1.807, 2.05) is 84.9 Å². The topological polar surface area (TPSA) is 172 Å². The van der Waals surface area contributed by atoms with E-state index in [9.17, 15) is 19.5 Å². The van der Waals surface area contributed by atoms with Crippen molar-refractivity contribution < 1.29 is 29.0 Å². The third kappa shape index (κ3) is 15.2. The fraction of sp³-hybridized carbons (Fsp3) is 0.356. The maximum atomic E-state index is 13.2. The number of hydrogen-bond donors (Lipinski definition) is 3. The first-order valence-corrected chi connectivity index (χ1v) is 19.7. The van der Waals surface area contributed by atoms with Crippen LogP contribution < -0.4 is 10.6 Å². The fourth-order valence-electron chi connectivity index (χ4n) is 6.48. The number of hydrogen-bond acceptors (Lipinski definition) is 12. The molecular weight excluding hydrogens is 749 g/mol. The summed E-state index contributed by atoms with van der Waals surface area (Å²) in [5.74, 6) is -0.872. The van der Waals surface area contributed by atoms with Crippen LogP contribution in [0.25, 0.3) is 0 Å². The number of amides is 2. The highest BCUT2D eigenvalue weighted by Crippen LogP contribution is 2.30. The number of ether oxygens (including phenoxy) is 2. The van der Waals surface area contributed by atoms with Crippen LogP contribution in [0.3, 0.4) is 0 Å². The van der Waals surface area contributed by atoms with E-state index in [1.165, 1.54) is 7.11 Å². The highest BCUT2D eigenvalue weighted by Gasteiger charge is 2.25. The fourth-order valence-corrected chi connectivity index (χ4v) is 6.48. The molecule has 0 bridgehead atoms. The van der Waals surface area contributed by atoms with Crippen molar-refractivity contribution in [1.29, 1.82) is 0 Å². The minimum atomic E-state index is -1.02. The number of aromatic hydroxyl groups is 1. The lowest BCUT2D eigenvalue weighted by Gasteiger charge is -2.26. The van der Waals surface area contributed by atoms with Crippen LogP contribution in [-0.4, -0.2) is 78.1 Å². The van der Waals surface area contributed by atoms with Crippen LogP contribution in [0.5, 0.6) is 5.75 Å². The van der Waals surface area contributed by atoms with Gasteiger partial charge in [-0.15, -0.1) is 0 Å². The molecule has 5 rings (SSSR count). The molecule has 59 heavy (non-hydrogen) atoms. The highest BCUT2D eigenvalue weighted by molar-refractivity contribution is 5.84. The lowest BCUT2D eigenvalue weighted by atomic mass is 9.97. The zero-order chi connectivity index (χ0) is 42.0. The van der Waals surface area contributed by atoms with Crippen molar-refractivity contribution in [3.05, 3.63) is 149 Å². The van der Waals surface area contributed by atoms with Crippen molar-refractivity contribution in [2.24, 2.45) is 0 Å². The second-order valence-electron chi connectivity index (χ2n) is 15.2. The molecule has 0 radical (unpaired) electrons. The molecule has 310 valence electrons. The lowest BCUT2D eigenvalue weighted by Crippen LogP contribution is -2.43. The summed E-state index contributed by atoms with van der Waals surface area (Å²) in [5, 5.41) is 17.6. The van der Waals surface area contributed by atoms with Crippen LogP contribution in [0.1, 0.15) is 73.1 Å². The Morgan fingerprint density at radius 1 is 0.695 bits per heavy atom. The van der Waals surface area contributed by atoms with Gasteiger partial charge in [-0.3, -0.25) is 34.5 Å². The second kappa shape index (κ2) is 22.0. The molecular formula is C45H54N8O6. The van der Waals surface area contributed by atoms with Crippen LogP contribution in [0.4, 0.5) is 4.79 Å². The number of carbonyl (C=O) groups is 3. The van der Waals surface area contributed by atoms with Crippen LogP contribution in [-0.2, 0) is 64.8 Å². The number of phenols is 1. The number of pyridine rings is 4. The third-order valence-electron chi connectivity index (χ3n) is 9.07. The Labute approximate surface area is 346 Å². The molecule has 0 saturated carbocycles. The van der Waals surface area contributed by atoms with E-state index in [1.54, 1.807) is 45.6 Å². The van der Waals surface area contributed by atoms with Gasteiger partial charge in [0.15, 0.2) is 0 Å². The average molecular weight is 803 g/mol. The van der Waals surface area contributed by atoms with Crippen molar-refractivity contribution in [1.82, 2.24) is 40.4 Å². The number of alkyl carbamates (subject to hydrolysis) is 1. The minimum Gasteiger partial charge on any atom is -0.507 e. The van der Waals surface area contributed by atoms with Crippen molar-refractivity contribution in [3.8, 4) is 5.75 Å². The van der Waals surface area contributed by atoms with Crippen LogP contribution in [0.2, 0.25) is 0 Å². The van der Waals surface area contributed by atoms with Gasteiger partial charge < -0.3 is 25.2 Å². The van der Waals surface area contributed by atoms with Gasteiger partial charge in [-0.2, -0.15) is 0 Å². The Kier molecular flexibility index (Phi) is 16.4. The smallest absolute Gasteiger partial charge is 0.407 e. The van der Waals surface area contributed by atoms with Gasteiger partial charge in [0.25, 0.3) is 0 Å². The molecule has 2 amide bonds. The Balaban J connectivity index is 1.44. The van der Waals surface area contributed by atoms with Gasteiger partial charge in [0.2, 0.25) is 5.91 Å². The maximum Gasteiger partial charge on any atom is 0.407 e. The largest absolute Gasteiger partial charge is 0.507 e. The molecule has 1 aromatic carbocycles. The first kappa shape index (κ1) is 43.9. The Morgan fingerprint density at radius 3 is 1.51 bits per heavy atom. The van der Waals surface area contributed by atoms with Crippen molar-refractivity contribution in [2.75, 3.05) is 13.7 Å². The molecule has 14 heteroatoms. The van der Waals surface area contributed by atoms with E-state index < -0.39 is 23.7 Å². The van der Waals surface area contributed by atoms with Gasteiger partial charge >= 0.3 is 12.1 Å². The quantitative estimate of drug-likeness (QED) is 0.0632. The molecule has 0 spiro atoms. The first-order chi connectivity index (χ1) is 28.4. The second-order valence-corrected chi connectivity index (χ2v) is 15.2. The van der Waals surface area contributed by atoms with Crippen molar-refractivity contribution in [3.63, 3.8) is 0 Å². The molecule has 0 aliphatic heterocycles. The zero-order valence-electron chi connectivity index (χ0n) is 34.2. The standard InChI is InChI=1S/C45H54N8O6/c1-45(2,3)59-44(57)50-23-13-18-41(54)51-40(43(56)58-4)26-33-24-34(27-52(29-36-14-5-9-19-46-36)30-37-15-6-10-20-47-37)42(55)35(25-33)28-53(31-38-16-7-11-21-48-38)32-39-17-8-12-22-49-39/h5-12,14-17,19-22,24-25,40,55H,13,18,23,26-32H2,1-4H3,(H,50,57)(H,51,54). The van der Waals surface area contributed by atoms with Gasteiger partial charge in [-0.25, -0.2) is 9.59 Å². The summed E-state index contributed by atoms with van der Waals surface area (Å²) in [6.45, 7) is 8.08. The molecule has 3 N–H and O–H groups in total. The molecule has 0 aliphatic carbocycles. The first-order valence-electron chi connectivity index (χ1n) is 19.7. The van der Waals surface area contributed by atoms with E-state index in [0.29, 0.717) is 62.4 Å². The average Bonchev–Trinajstić information content (AvgIpc) is 3.21. The van der Waals surface area contributed by atoms with Gasteiger partial charge in [-0.05, 0) is 81.3 Å². The van der Waals surface area contributed by atoms with Crippen LogP contribution >= 0.6 is 0 Å². The van der Waals surface area contributed by atoms with Gasteiger partial charge in [0.05, 0.1) is 29.9 Å². The summed E-state index contributed by atoms with van der Waals surface area (Å²) in [6, 6.07) is 25.8. The van der Waals surface area contributed by atoms with Crippen molar-refractivity contribution in [2.45, 2.75) is 90.9 Å². The third-order valence-corrected chi connectivity index (χ3v) is 9.07. The molecule has 4 aromatic heterocycles. The van der Waals surface area contributed by atoms with E-state index >= 15 is 0 Å². The van der Waals surface area contributed by atoms with E-state index in [0.717, 1.165) is 22.8 Å². The molecule has 14 nitrogen and oxygen atoms in total.